The van der Waals surface area contributed by atoms with E-state index in [-0.39, 0.29) is 11.3 Å². The number of rotatable bonds is 7. The molecule has 1 atom stereocenters. The van der Waals surface area contributed by atoms with E-state index in [0.717, 1.165) is 17.8 Å². The zero-order chi connectivity index (χ0) is 42.1. The van der Waals surface area contributed by atoms with Crippen molar-refractivity contribution in [3.8, 4) is 44.5 Å². The fraction of sp³-hybridized carbons (Fsp3) is 0.0820. The molecule has 1 unspecified atom stereocenters. The molecule has 0 aliphatic heterocycles. The van der Waals surface area contributed by atoms with E-state index in [2.05, 4.69) is 237 Å². The van der Waals surface area contributed by atoms with E-state index >= 15 is 0 Å². The fourth-order valence-corrected chi connectivity index (χ4v) is 11.7. The quantitative estimate of drug-likeness (QED) is 0.155. The molecule has 2 heteroatoms. The summed E-state index contributed by atoms with van der Waals surface area (Å²) in [5, 5.41) is 5.13. The van der Waals surface area contributed by atoms with Gasteiger partial charge in [0.1, 0.15) is 0 Å². The maximum absolute atomic E-state index is 2.50. The summed E-state index contributed by atoms with van der Waals surface area (Å²) in [4.78, 5) is 2.50. The van der Waals surface area contributed by atoms with Crippen LogP contribution in [0.3, 0.4) is 0 Å². The Morgan fingerprint density at radius 2 is 1.17 bits per heavy atom. The van der Waals surface area contributed by atoms with Gasteiger partial charge in [0.05, 0.1) is 5.69 Å². The first-order chi connectivity index (χ1) is 31.0. The Hall–Kier alpha value is -7.26. The molecular formula is C61H45NS. The molecule has 0 fully saturated rings. The highest BCUT2D eigenvalue weighted by Gasteiger charge is 2.35. The first-order valence-electron chi connectivity index (χ1n) is 22.1. The van der Waals surface area contributed by atoms with E-state index in [0.29, 0.717) is 0 Å². The van der Waals surface area contributed by atoms with Gasteiger partial charge >= 0.3 is 0 Å². The third-order valence-electron chi connectivity index (χ3n) is 13.6. The molecule has 0 radical (unpaired) electrons. The van der Waals surface area contributed by atoms with Crippen LogP contribution < -0.4 is 4.90 Å². The number of para-hydroxylation sites is 1. The second-order valence-electron chi connectivity index (χ2n) is 17.6. The average Bonchev–Trinajstić information content (AvgIpc) is 3.84. The van der Waals surface area contributed by atoms with Crippen LogP contribution in [0.15, 0.2) is 224 Å². The molecule has 2 aliphatic rings. The minimum absolute atomic E-state index is 0.0327. The van der Waals surface area contributed by atoms with Crippen LogP contribution in [0.4, 0.5) is 11.4 Å². The Kier molecular flexibility index (Phi) is 8.91. The lowest BCUT2D eigenvalue weighted by Crippen LogP contribution is -2.18. The second-order valence-corrected chi connectivity index (χ2v) is 18.6. The molecule has 2 aliphatic carbocycles. The number of fused-ring (bicyclic) bond motifs is 7. The van der Waals surface area contributed by atoms with E-state index < -0.39 is 0 Å². The van der Waals surface area contributed by atoms with Crippen molar-refractivity contribution in [1.82, 2.24) is 0 Å². The summed E-state index contributed by atoms with van der Waals surface area (Å²) in [5.74, 6) is 0.277. The summed E-state index contributed by atoms with van der Waals surface area (Å²) in [6.07, 6.45) is 8.18. The maximum Gasteiger partial charge on any atom is 0.0540 e. The number of hydrogen-bond acceptors (Lipinski definition) is 2. The molecule has 1 nitrogen and oxygen atoms in total. The predicted octanol–water partition coefficient (Wildman–Crippen LogP) is 17.3. The normalized spacial score (nSPS) is 15.1. The maximum atomic E-state index is 2.50. The molecule has 0 spiro atoms. The molecule has 0 N–H and O–H groups in total. The van der Waals surface area contributed by atoms with Gasteiger partial charge in [0.15, 0.2) is 0 Å². The molecule has 9 aromatic carbocycles. The second kappa shape index (κ2) is 15.0. The van der Waals surface area contributed by atoms with Crippen LogP contribution in [-0.4, -0.2) is 0 Å². The lowest BCUT2D eigenvalue weighted by Gasteiger charge is -2.31. The topological polar surface area (TPSA) is 3.24 Å². The van der Waals surface area contributed by atoms with E-state index in [1.165, 1.54) is 97.8 Å². The fourth-order valence-electron chi connectivity index (χ4n) is 10.5. The van der Waals surface area contributed by atoms with Crippen molar-refractivity contribution in [3.05, 3.63) is 241 Å². The first-order valence-corrected chi connectivity index (χ1v) is 22.9. The third kappa shape index (κ3) is 6.20. The summed E-state index contributed by atoms with van der Waals surface area (Å²) in [7, 11) is 0. The van der Waals surface area contributed by atoms with E-state index in [4.69, 9.17) is 0 Å². The number of allylic oxidation sites excluding steroid dienone is 3. The van der Waals surface area contributed by atoms with Crippen LogP contribution in [0.1, 0.15) is 42.9 Å². The van der Waals surface area contributed by atoms with Crippen LogP contribution in [0.2, 0.25) is 0 Å². The SMILES string of the molecule is CC1(C)c2ccccc2-c2ccc(C3C=CC(N(c4cccc(-c5cccc6c5sc5ccccc56)c4)c4ccccc4-c4cccc5cccc(-c6ccccc6)c45)=CC3)cc21. The van der Waals surface area contributed by atoms with E-state index in [1.807, 2.05) is 11.3 Å². The monoisotopic (exact) mass is 823 g/mol. The summed E-state index contributed by atoms with van der Waals surface area (Å²) in [5.41, 5.74) is 17.7. The standard InChI is InChI=1S/C61H45NS/c1-61(2)55-29-9-6-22-49(55)50-37-34-43(39-56(50)61)40-32-35-45(36-33-40)62(46-21-12-20-44(38-46)48-26-15-28-54-52-24-8-11-31-58(52)63-60(48)54)57-30-10-7-23-51(57)53-27-14-19-42-18-13-25-47(59(42)53)41-16-4-3-5-17-41/h3-32,34-40H,33H2,1-2H3. The van der Waals surface area contributed by atoms with Crippen molar-refractivity contribution >= 4 is 53.7 Å². The van der Waals surface area contributed by atoms with Crippen LogP contribution in [0.25, 0.3) is 75.5 Å². The summed E-state index contributed by atoms with van der Waals surface area (Å²) < 4.78 is 2.65. The number of benzene rings is 9. The highest BCUT2D eigenvalue weighted by atomic mass is 32.1. The number of nitrogens with zero attached hydrogens (tertiary/aromatic N) is 1. The molecule has 0 bridgehead atoms. The van der Waals surface area contributed by atoms with Crippen molar-refractivity contribution < 1.29 is 0 Å². The Balaban J connectivity index is 1.00. The van der Waals surface area contributed by atoms with Gasteiger partial charge in [-0.15, -0.1) is 11.3 Å². The molecular weight excluding hydrogens is 779 g/mol. The van der Waals surface area contributed by atoms with Crippen LogP contribution in [0, 0.1) is 0 Å². The molecule has 1 aromatic heterocycles. The minimum Gasteiger partial charge on any atom is -0.310 e. The Morgan fingerprint density at radius 1 is 0.508 bits per heavy atom. The van der Waals surface area contributed by atoms with Gasteiger partial charge in [0.25, 0.3) is 0 Å². The summed E-state index contributed by atoms with van der Waals surface area (Å²) in [6.45, 7) is 4.75. The van der Waals surface area contributed by atoms with Gasteiger partial charge in [-0.05, 0) is 103 Å². The number of thiophene rings is 1. The van der Waals surface area contributed by atoms with Crippen molar-refractivity contribution in [2.24, 2.45) is 0 Å². The van der Waals surface area contributed by atoms with E-state index in [1.54, 1.807) is 0 Å². The minimum atomic E-state index is -0.0327. The van der Waals surface area contributed by atoms with Crippen LogP contribution >= 0.6 is 11.3 Å². The highest BCUT2D eigenvalue weighted by Crippen LogP contribution is 2.50. The van der Waals surface area contributed by atoms with Gasteiger partial charge < -0.3 is 4.90 Å². The Labute approximate surface area is 373 Å². The van der Waals surface area contributed by atoms with Gasteiger partial charge in [-0.3, -0.25) is 0 Å². The van der Waals surface area contributed by atoms with Gasteiger partial charge in [-0.2, -0.15) is 0 Å². The molecule has 10 aromatic rings. The van der Waals surface area contributed by atoms with Gasteiger partial charge in [-0.25, -0.2) is 0 Å². The van der Waals surface area contributed by atoms with Crippen molar-refractivity contribution in [3.63, 3.8) is 0 Å². The number of hydrogen-bond donors (Lipinski definition) is 0. The first kappa shape index (κ1) is 37.5. The van der Waals surface area contributed by atoms with Crippen LogP contribution in [0.5, 0.6) is 0 Å². The van der Waals surface area contributed by atoms with Crippen molar-refractivity contribution in [1.29, 1.82) is 0 Å². The third-order valence-corrected chi connectivity index (χ3v) is 14.8. The van der Waals surface area contributed by atoms with Crippen molar-refractivity contribution in [2.75, 3.05) is 4.90 Å². The molecule has 0 amide bonds. The molecule has 12 rings (SSSR count). The lowest BCUT2D eigenvalue weighted by molar-refractivity contribution is 0.658. The molecule has 63 heavy (non-hydrogen) atoms. The number of anilines is 2. The molecule has 1 heterocycles. The van der Waals surface area contributed by atoms with E-state index in [9.17, 15) is 0 Å². The molecule has 300 valence electrons. The largest absolute Gasteiger partial charge is 0.310 e. The summed E-state index contributed by atoms with van der Waals surface area (Å²) in [6, 6.07) is 74.2. The average molecular weight is 824 g/mol. The van der Waals surface area contributed by atoms with Gasteiger partial charge in [0.2, 0.25) is 0 Å². The highest BCUT2D eigenvalue weighted by molar-refractivity contribution is 7.26. The molecule has 0 saturated carbocycles. The Bertz CT molecular complexity index is 3470. The van der Waals surface area contributed by atoms with Crippen LogP contribution in [-0.2, 0) is 5.41 Å². The smallest absolute Gasteiger partial charge is 0.0540 e. The van der Waals surface area contributed by atoms with Gasteiger partial charge in [0, 0.05) is 48.5 Å². The molecule has 0 saturated heterocycles. The zero-order valence-corrected chi connectivity index (χ0v) is 36.2. The van der Waals surface area contributed by atoms with Gasteiger partial charge in [-0.1, -0.05) is 202 Å². The van der Waals surface area contributed by atoms with Crippen molar-refractivity contribution in [2.45, 2.75) is 31.6 Å². The summed E-state index contributed by atoms with van der Waals surface area (Å²) >= 11 is 1.89. The zero-order valence-electron chi connectivity index (χ0n) is 35.4. The predicted molar refractivity (Wildman–Crippen MR) is 270 cm³/mol. The Morgan fingerprint density at radius 3 is 2.03 bits per heavy atom. The lowest BCUT2D eigenvalue weighted by atomic mass is 9.80.